The maximum Gasteiger partial charge on any atom is 0.0845 e. The second-order valence-electron chi connectivity index (χ2n) is 15.0. The Morgan fingerprint density at radius 2 is 0.768 bits per heavy atom. The molecule has 268 valence electrons. The van der Waals surface area contributed by atoms with Gasteiger partial charge in [-0.05, 0) is 94.9 Å². The first-order valence-corrected chi connectivity index (χ1v) is 19.6. The number of aromatic nitrogens is 2. The minimum atomic E-state index is -0.0263. The fraction of sp³-hybridized carbons (Fsp3) is 0.0769. The molecule has 11 rings (SSSR count). The monoisotopic (exact) mass is 720 g/mol. The highest BCUT2D eigenvalue weighted by molar-refractivity contribution is 6.12. The van der Waals surface area contributed by atoms with E-state index in [4.69, 9.17) is 0 Å². The van der Waals surface area contributed by atoms with Gasteiger partial charge in [0.1, 0.15) is 0 Å². The van der Waals surface area contributed by atoms with Crippen LogP contribution in [0.1, 0.15) is 41.4 Å². The van der Waals surface area contributed by atoms with Gasteiger partial charge in [-0.2, -0.15) is 0 Å². The van der Waals surface area contributed by atoms with Gasteiger partial charge in [0.25, 0.3) is 0 Å². The molecule has 0 aliphatic carbocycles. The van der Waals surface area contributed by atoms with Crippen LogP contribution in [0.15, 0.2) is 200 Å². The molecule has 1 aliphatic rings. The molecule has 8 aromatic carbocycles. The lowest BCUT2D eigenvalue weighted by molar-refractivity contribution is 0.247. The zero-order valence-corrected chi connectivity index (χ0v) is 30.9. The molecule has 0 bridgehead atoms. The van der Waals surface area contributed by atoms with Crippen LogP contribution in [0, 0.1) is 0 Å². The predicted molar refractivity (Wildman–Crippen MR) is 233 cm³/mol. The summed E-state index contributed by atoms with van der Waals surface area (Å²) in [6.45, 7) is 0. The van der Waals surface area contributed by atoms with Crippen molar-refractivity contribution in [2.24, 2.45) is 0 Å². The first-order chi connectivity index (χ1) is 27.8. The van der Waals surface area contributed by atoms with E-state index in [1.807, 2.05) is 0 Å². The van der Waals surface area contributed by atoms with E-state index in [1.165, 1.54) is 77.1 Å². The summed E-state index contributed by atoms with van der Waals surface area (Å²) >= 11 is 0. The third-order valence-corrected chi connectivity index (χ3v) is 11.8. The van der Waals surface area contributed by atoms with E-state index in [9.17, 15) is 0 Å². The Labute approximate surface area is 326 Å². The fourth-order valence-electron chi connectivity index (χ4n) is 9.13. The van der Waals surface area contributed by atoms with Gasteiger partial charge in [-0.1, -0.05) is 140 Å². The number of rotatable bonds is 6. The van der Waals surface area contributed by atoms with Gasteiger partial charge in [0.05, 0.1) is 28.2 Å². The molecule has 2 aromatic heterocycles. The van der Waals surface area contributed by atoms with Crippen LogP contribution in [0.4, 0.5) is 0 Å². The molecule has 4 nitrogen and oxygen atoms in total. The van der Waals surface area contributed by atoms with Gasteiger partial charge < -0.3 is 9.13 Å². The first kappa shape index (κ1) is 32.7. The number of hydrogen-bond donors (Lipinski definition) is 2. The van der Waals surface area contributed by atoms with E-state index in [-0.39, 0.29) is 18.2 Å². The highest BCUT2D eigenvalue weighted by atomic mass is 15.2. The number of para-hydroxylation sites is 3. The van der Waals surface area contributed by atoms with Crippen molar-refractivity contribution in [3.8, 4) is 22.5 Å². The largest absolute Gasteiger partial charge is 0.309 e. The van der Waals surface area contributed by atoms with Crippen LogP contribution in [0.25, 0.3) is 66.1 Å². The van der Waals surface area contributed by atoms with Gasteiger partial charge in [-0.3, -0.25) is 10.6 Å². The van der Waals surface area contributed by atoms with Crippen molar-refractivity contribution in [3.63, 3.8) is 0 Å². The van der Waals surface area contributed by atoms with E-state index in [0.29, 0.717) is 0 Å². The Morgan fingerprint density at radius 1 is 0.339 bits per heavy atom. The minimum absolute atomic E-state index is 0.0263. The standard InChI is InChI=1S/C52H40N4/c1-4-15-35(16-5-1)46-34-47(36-17-6-2-7-18-36)54-52(53-46)39-19-14-22-41(31-39)56-49-26-13-11-24-43(49)45-33-38(28-30-51(45)56)37-27-29-50-44(32-37)42-23-10-12-25-48(42)55(50)40-20-8-3-9-21-40/h1-33,46-47,52-54H,34H2. The van der Waals surface area contributed by atoms with Crippen molar-refractivity contribution in [3.05, 3.63) is 217 Å². The van der Waals surface area contributed by atoms with E-state index < -0.39 is 0 Å². The molecule has 0 spiro atoms. The maximum absolute atomic E-state index is 3.97. The van der Waals surface area contributed by atoms with Gasteiger partial charge in [0, 0.05) is 45.0 Å². The highest BCUT2D eigenvalue weighted by Gasteiger charge is 2.30. The topological polar surface area (TPSA) is 33.9 Å². The lowest BCUT2D eigenvalue weighted by atomic mass is 9.91. The molecule has 0 radical (unpaired) electrons. The molecule has 10 aromatic rings. The van der Waals surface area contributed by atoms with Crippen molar-refractivity contribution in [1.82, 2.24) is 19.8 Å². The second kappa shape index (κ2) is 13.5. The summed E-state index contributed by atoms with van der Waals surface area (Å²) in [5.74, 6) is 0. The molecule has 0 saturated carbocycles. The second-order valence-corrected chi connectivity index (χ2v) is 15.0. The summed E-state index contributed by atoms with van der Waals surface area (Å²) in [5, 5.41) is 13.0. The van der Waals surface area contributed by atoms with Crippen LogP contribution < -0.4 is 10.6 Å². The fourth-order valence-corrected chi connectivity index (χ4v) is 9.13. The van der Waals surface area contributed by atoms with Crippen LogP contribution in [0.2, 0.25) is 0 Å². The molecule has 2 unspecified atom stereocenters. The van der Waals surface area contributed by atoms with Crippen LogP contribution in [-0.4, -0.2) is 9.13 Å². The third kappa shape index (κ3) is 5.53. The van der Waals surface area contributed by atoms with Crippen LogP contribution in [0.5, 0.6) is 0 Å². The van der Waals surface area contributed by atoms with Gasteiger partial charge >= 0.3 is 0 Å². The zero-order chi connectivity index (χ0) is 37.0. The van der Waals surface area contributed by atoms with Gasteiger partial charge in [0.15, 0.2) is 0 Å². The summed E-state index contributed by atoms with van der Waals surface area (Å²) < 4.78 is 4.81. The summed E-state index contributed by atoms with van der Waals surface area (Å²) in [6.07, 6.45) is 0.947. The van der Waals surface area contributed by atoms with Crippen LogP contribution in [0.3, 0.4) is 0 Å². The first-order valence-electron chi connectivity index (χ1n) is 19.6. The Morgan fingerprint density at radius 3 is 1.32 bits per heavy atom. The van der Waals surface area contributed by atoms with Gasteiger partial charge in [0.2, 0.25) is 0 Å². The Hall–Kier alpha value is -6.72. The number of fused-ring (bicyclic) bond motifs is 6. The minimum Gasteiger partial charge on any atom is -0.309 e. The summed E-state index contributed by atoms with van der Waals surface area (Å²) in [5.41, 5.74) is 13.4. The molecule has 3 heterocycles. The van der Waals surface area contributed by atoms with Crippen molar-refractivity contribution in [2.75, 3.05) is 0 Å². The van der Waals surface area contributed by atoms with E-state index >= 15 is 0 Å². The van der Waals surface area contributed by atoms with E-state index in [0.717, 1.165) is 12.1 Å². The molecule has 4 heteroatoms. The normalized spacial score (nSPS) is 17.2. The number of nitrogens with one attached hydrogen (secondary N) is 2. The van der Waals surface area contributed by atoms with Crippen molar-refractivity contribution >= 4 is 43.6 Å². The lowest BCUT2D eigenvalue weighted by Gasteiger charge is -2.38. The molecule has 2 atom stereocenters. The highest BCUT2D eigenvalue weighted by Crippen LogP contribution is 2.39. The van der Waals surface area contributed by atoms with E-state index in [1.54, 1.807) is 0 Å². The van der Waals surface area contributed by atoms with Crippen molar-refractivity contribution in [1.29, 1.82) is 0 Å². The smallest absolute Gasteiger partial charge is 0.0845 e. The van der Waals surface area contributed by atoms with Crippen molar-refractivity contribution in [2.45, 2.75) is 24.7 Å². The number of benzene rings is 8. The van der Waals surface area contributed by atoms with Crippen LogP contribution in [-0.2, 0) is 0 Å². The SMILES string of the molecule is c1ccc(C2CC(c3ccccc3)NC(c3cccc(-n4c5ccccc5c5cc(-c6ccc7c(c6)c6ccccc6n7-c6ccccc6)ccc54)c3)N2)cc1. The Bertz CT molecular complexity index is 2970. The summed E-state index contributed by atoms with van der Waals surface area (Å²) in [4.78, 5) is 0. The lowest BCUT2D eigenvalue weighted by Crippen LogP contribution is -2.45. The third-order valence-electron chi connectivity index (χ3n) is 11.8. The quantitative estimate of drug-likeness (QED) is 0.179. The molecule has 1 fully saturated rings. The van der Waals surface area contributed by atoms with Gasteiger partial charge in [-0.15, -0.1) is 0 Å². The van der Waals surface area contributed by atoms with E-state index in [2.05, 4.69) is 220 Å². The Balaban J connectivity index is 1.00. The average Bonchev–Trinajstić information content (AvgIpc) is 3.79. The molecule has 0 amide bonds. The number of hydrogen-bond acceptors (Lipinski definition) is 2. The summed E-state index contributed by atoms with van der Waals surface area (Å²) in [6, 6.07) is 73.4. The predicted octanol–water partition coefficient (Wildman–Crippen LogP) is 12.6. The Kier molecular flexibility index (Phi) is 7.90. The average molecular weight is 721 g/mol. The number of nitrogens with zero attached hydrogens (tertiary/aromatic N) is 2. The zero-order valence-electron chi connectivity index (χ0n) is 30.9. The van der Waals surface area contributed by atoms with Crippen molar-refractivity contribution < 1.29 is 0 Å². The molecule has 1 aliphatic heterocycles. The molecule has 1 saturated heterocycles. The molecule has 56 heavy (non-hydrogen) atoms. The maximum atomic E-state index is 3.97. The molecule has 2 N–H and O–H groups in total. The summed E-state index contributed by atoms with van der Waals surface area (Å²) in [7, 11) is 0. The van der Waals surface area contributed by atoms with Gasteiger partial charge in [-0.25, -0.2) is 0 Å². The molecular formula is C52H40N4. The van der Waals surface area contributed by atoms with Crippen LogP contribution >= 0.6 is 0 Å². The molecular weight excluding hydrogens is 681 g/mol.